The van der Waals surface area contributed by atoms with Gasteiger partial charge in [-0.3, -0.25) is 0 Å². The Morgan fingerprint density at radius 3 is 2.78 bits per heavy atom. The lowest BCUT2D eigenvalue weighted by Crippen LogP contribution is -2.30. The summed E-state index contributed by atoms with van der Waals surface area (Å²) in [6.45, 7) is 0.559. The average molecular weight is 333 g/mol. The molecule has 5 nitrogen and oxygen atoms in total. The number of amides is 2. The van der Waals surface area contributed by atoms with E-state index in [1.165, 1.54) is 12.1 Å². The zero-order chi connectivity index (χ0) is 13.5. The molecule has 3 N–H and O–H groups in total. The van der Waals surface area contributed by atoms with Crippen LogP contribution in [0.2, 0.25) is 0 Å². The van der Waals surface area contributed by atoms with Gasteiger partial charge in [-0.15, -0.1) is 0 Å². The van der Waals surface area contributed by atoms with E-state index < -0.39 is 5.97 Å². The number of nitrogens with one attached hydrogen (secondary N) is 2. The van der Waals surface area contributed by atoms with E-state index in [-0.39, 0.29) is 11.6 Å². The van der Waals surface area contributed by atoms with Crippen molar-refractivity contribution in [1.29, 1.82) is 0 Å². The van der Waals surface area contributed by atoms with Gasteiger partial charge in [0.05, 0.1) is 11.3 Å². The maximum Gasteiger partial charge on any atom is 0.335 e. The molecule has 0 heterocycles. The molecule has 0 atom stereocenters. The van der Waals surface area contributed by atoms with Gasteiger partial charge in [0, 0.05) is 16.8 Å². The lowest BCUT2D eigenvalue weighted by Gasteiger charge is -2.09. The molecular weight excluding hydrogens is 320 g/mol. The monoisotopic (exact) mass is 332 g/mol. The standard InChI is InChI=1S/C11H13BrN2O3S/c1-18-5-4-13-11(17)14-9-6-7(10(15)16)2-3-8(9)12/h2-3,6H,4-5H2,1H3,(H,15,16)(H2,13,14,17). The molecule has 0 aromatic heterocycles. The number of aromatic carboxylic acids is 1. The Morgan fingerprint density at radius 2 is 2.17 bits per heavy atom. The SMILES string of the molecule is CSCCNC(=O)Nc1cc(C(=O)O)ccc1Br. The largest absolute Gasteiger partial charge is 0.478 e. The molecule has 0 saturated carbocycles. The minimum Gasteiger partial charge on any atom is -0.478 e. The van der Waals surface area contributed by atoms with Crippen molar-refractivity contribution in [3.63, 3.8) is 0 Å². The van der Waals surface area contributed by atoms with E-state index in [2.05, 4.69) is 26.6 Å². The van der Waals surface area contributed by atoms with E-state index in [1.54, 1.807) is 17.8 Å². The van der Waals surface area contributed by atoms with E-state index in [1.807, 2.05) is 6.26 Å². The van der Waals surface area contributed by atoms with Crippen LogP contribution in [0.4, 0.5) is 10.5 Å². The first-order valence-corrected chi connectivity index (χ1v) is 7.30. The van der Waals surface area contributed by atoms with Crippen molar-refractivity contribution in [3.8, 4) is 0 Å². The Bertz CT molecular complexity index is 454. The highest BCUT2D eigenvalue weighted by Crippen LogP contribution is 2.23. The van der Waals surface area contributed by atoms with Crippen molar-refractivity contribution in [2.24, 2.45) is 0 Å². The number of rotatable bonds is 5. The number of carbonyl (C=O) groups is 2. The first-order valence-electron chi connectivity index (χ1n) is 5.11. The van der Waals surface area contributed by atoms with Gasteiger partial charge in [0.25, 0.3) is 0 Å². The van der Waals surface area contributed by atoms with Gasteiger partial charge in [-0.2, -0.15) is 11.8 Å². The number of benzene rings is 1. The molecule has 2 amide bonds. The van der Waals surface area contributed by atoms with Crippen molar-refractivity contribution in [3.05, 3.63) is 28.2 Å². The molecule has 0 saturated heterocycles. The van der Waals surface area contributed by atoms with Gasteiger partial charge < -0.3 is 15.7 Å². The van der Waals surface area contributed by atoms with E-state index in [4.69, 9.17) is 5.11 Å². The topological polar surface area (TPSA) is 78.4 Å². The van der Waals surface area contributed by atoms with E-state index in [0.29, 0.717) is 16.7 Å². The molecule has 98 valence electrons. The van der Waals surface area contributed by atoms with Gasteiger partial charge in [0.2, 0.25) is 0 Å². The van der Waals surface area contributed by atoms with Crippen LogP contribution in [0.3, 0.4) is 0 Å². The molecule has 0 bridgehead atoms. The lowest BCUT2D eigenvalue weighted by atomic mass is 10.2. The molecule has 0 fully saturated rings. The van der Waals surface area contributed by atoms with Crippen molar-refractivity contribution in [2.45, 2.75) is 0 Å². The van der Waals surface area contributed by atoms with Crippen molar-refractivity contribution in [2.75, 3.05) is 23.9 Å². The summed E-state index contributed by atoms with van der Waals surface area (Å²) in [5.74, 6) is -0.211. The van der Waals surface area contributed by atoms with Crippen LogP contribution in [-0.2, 0) is 0 Å². The summed E-state index contributed by atoms with van der Waals surface area (Å²) in [5, 5.41) is 14.1. The third kappa shape index (κ3) is 4.58. The molecule has 1 aromatic carbocycles. The summed E-state index contributed by atoms with van der Waals surface area (Å²) in [6, 6.07) is 4.09. The molecule has 0 radical (unpaired) electrons. The maximum absolute atomic E-state index is 11.5. The summed E-state index contributed by atoms with van der Waals surface area (Å²) in [6.07, 6.45) is 1.95. The molecule has 0 aliphatic heterocycles. The molecular formula is C11H13BrN2O3S. The zero-order valence-corrected chi connectivity index (χ0v) is 12.1. The number of carboxylic acids is 1. The van der Waals surface area contributed by atoms with E-state index in [9.17, 15) is 9.59 Å². The number of carbonyl (C=O) groups excluding carboxylic acids is 1. The third-order valence-electron chi connectivity index (χ3n) is 2.05. The van der Waals surface area contributed by atoms with Crippen LogP contribution in [-0.4, -0.2) is 35.7 Å². The third-order valence-corrected chi connectivity index (χ3v) is 3.36. The Morgan fingerprint density at radius 1 is 1.44 bits per heavy atom. The van der Waals surface area contributed by atoms with Crippen molar-refractivity contribution >= 4 is 45.4 Å². The number of halogens is 1. The number of hydrogen-bond donors (Lipinski definition) is 3. The van der Waals surface area contributed by atoms with Crippen LogP contribution in [0.5, 0.6) is 0 Å². The van der Waals surface area contributed by atoms with Crippen LogP contribution in [0.15, 0.2) is 22.7 Å². The average Bonchev–Trinajstić information content (AvgIpc) is 2.32. The van der Waals surface area contributed by atoms with Crippen molar-refractivity contribution < 1.29 is 14.7 Å². The molecule has 0 unspecified atom stereocenters. The first-order chi connectivity index (χ1) is 8.54. The normalized spacial score (nSPS) is 9.89. The summed E-state index contributed by atoms with van der Waals surface area (Å²) >= 11 is 4.88. The Balaban J connectivity index is 2.68. The number of anilines is 1. The van der Waals surface area contributed by atoms with Crippen LogP contribution in [0.1, 0.15) is 10.4 Å². The summed E-state index contributed by atoms with van der Waals surface area (Å²) < 4.78 is 0.632. The molecule has 7 heteroatoms. The Labute approximate surface area is 117 Å². The van der Waals surface area contributed by atoms with Gasteiger partial charge in [-0.25, -0.2) is 9.59 Å². The summed E-state index contributed by atoms with van der Waals surface area (Å²) in [5.41, 5.74) is 0.550. The first kappa shape index (κ1) is 14.8. The molecule has 1 aromatic rings. The van der Waals surface area contributed by atoms with Crippen LogP contribution >= 0.6 is 27.7 Å². The fraction of sp³-hybridized carbons (Fsp3) is 0.273. The summed E-state index contributed by atoms with van der Waals surface area (Å²) in [4.78, 5) is 22.3. The molecule has 0 spiro atoms. The van der Waals surface area contributed by atoms with Gasteiger partial charge >= 0.3 is 12.0 Å². The highest BCUT2D eigenvalue weighted by atomic mass is 79.9. The minimum atomic E-state index is -1.03. The number of carboxylic acid groups (broad SMARTS) is 1. The fourth-order valence-corrected chi connectivity index (χ4v) is 1.84. The molecule has 0 aliphatic carbocycles. The molecule has 1 rings (SSSR count). The van der Waals surface area contributed by atoms with Gasteiger partial charge in [0.15, 0.2) is 0 Å². The predicted molar refractivity (Wildman–Crippen MR) is 76.5 cm³/mol. The predicted octanol–water partition coefficient (Wildman–Crippen LogP) is 2.63. The highest BCUT2D eigenvalue weighted by molar-refractivity contribution is 9.10. The maximum atomic E-state index is 11.5. The van der Waals surface area contributed by atoms with Crippen LogP contribution < -0.4 is 10.6 Å². The minimum absolute atomic E-state index is 0.123. The number of urea groups is 1. The summed E-state index contributed by atoms with van der Waals surface area (Å²) in [7, 11) is 0. The number of thioether (sulfide) groups is 1. The van der Waals surface area contributed by atoms with E-state index in [0.717, 1.165) is 5.75 Å². The zero-order valence-electron chi connectivity index (χ0n) is 9.70. The number of hydrogen-bond acceptors (Lipinski definition) is 3. The molecule has 0 aliphatic rings. The lowest BCUT2D eigenvalue weighted by molar-refractivity contribution is 0.0697. The van der Waals surface area contributed by atoms with Crippen LogP contribution in [0, 0.1) is 0 Å². The van der Waals surface area contributed by atoms with Crippen molar-refractivity contribution in [1.82, 2.24) is 5.32 Å². The van der Waals surface area contributed by atoms with Gasteiger partial charge in [-0.05, 0) is 40.4 Å². The van der Waals surface area contributed by atoms with Crippen LogP contribution in [0.25, 0.3) is 0 Å². The Hall–Kier alpha value is -1.21. The highest BCUT2D eigenvalue weighted by Gasteiger charge is 2.09. The second-order valence-electron chi connectivity index (χ2n) is 3.37. The fourth-order valence-electron chi connectivity index (χ4n) is 1.19. The molecule has 18 heavy (non-hydrogen) atoms. The Kier molecular flexibility index (Phi) is 6.00. The van der Waals surface area contributed by atoms with Gasteiger partial charge in [-0.1, -0.05) is 0 Å². The van der Waals surface area contributed by atoms with E-state index >= 15 is 0 Å². The van der Waals surface area contributed by atoms with Gasteiger partial charge in [0.1, 0.15) is 0 Å². The quantitative estimate of drug-likeness (QED) is 0.724. The second kappa shape index (κ2) is 7.27. The smallest absolute Gasteiger partial charge is 0.335 e. The second-order valence-corrected chi connectivity index (χ2v) is 5.21.